The largest absolute Gasteiger partial charge is 0.351 e. The predicted octanol–water partition coefficient (Wildman–Crippen LogP) is 2.97. The van der Waals surface area contributed by atoms with Crippen molar-refractivity contribution >= 4 is 38.4 Å². The van der Waals surface area contributed by atoms with Gasteiger partial charge >= 0.3 is 0 Å². The second-order valence-electron chi connectivity index (χ2n) is 6.42. The van der Waals surface area contributed by atoms with Crippen molar-refractivity contribution in [2.75, 3.05) is 26.2 Å². The molecule has 0 spiro atoms. The lowest BCUT2D eigenvalue weighted by molar-refractivity contribution is 0.0693. The number of amides is 1. The van der Waals surface area contributed by atoms with Crippen LogP contribution < -0.4 is 0 Å². The van der Waals surface area contributed by atoms with E-state index in [0.29, 0.717) is 23.8 Å². The van der Waals surface area contributed by atoms with Crippen molar-refractivity contribution in [3.8, 4) is 0 Å². The third-order valence-electron chi connectivity index (χ3n) is 4.72. The van der Waals surface area contributed by atoms with Gasteiger partial charge in [0.05, 0.1) is 4.90 Å². The van der Waals surface area contributed by atoms with Gasteiger partial charge < -0.3 is 9.88 Å². The first kappa shape index (κ1) is 18.0. The lowest BCUT2D eigenvalue weighted by Crippen LogP contribution is -2.50. The third kappa shape index (κ3) is 3.45. The average Bonchev–Trinajstić information content (AvgIpc) is 3.11. The number of aromatic amines is 1. The molecule has 1 aromatic heterocycles. The lowest BCUT2D eigenvalue weighted by Gasteiger charge is -2.33. The Kier molecular flexibility index (Phi) is 4.67. The number of fused-ring (bicyclic) bond motifs is 1. The Labute approximate surface area is 162 Å². The van der Waals surface area contributed by atoms with Crippen LogP contribution in [0.2, 0.25) is 5.02 Å². The van der Waals surface area contributed by atoms with Crippen LogP contribution in [-0.4, -0.2) is 54.7 Å². The monoisotopic (exact) mass is 403 g/mol. The summed E-state index contributed by atoms with van der Waals surface area (Å²) >= 11 is 5.99. The second-order valence-corrected chi connectivity index (χ2v) is 8.80. The summed E-state index contributed by atoms with van der Waals surface area (Å²) in [5.41, 5.74) is 1.32. The van der Waals surface area contributed by atoms with Gasteiger partial charge in [-0.05, 0) is 36.4 Å². The molecule has 1 amide bonds. The van der Waals surface area contributed by atoms with Gasteiger partial charge in [-0.2, -0.15) is 4.31 Å². The number of piperazine rings is 1. The maximum atomic E-state index is 12.8. The van der Waals surface area contributed by atoms with Crippen molar-refractivity contribution < 1.29 is 13.2 Å². The number of H-pyrrole nitrogens is 1. The molecule has 1 N–H and O–H groups in total. The van der Waals surface area contributed by atoms with E-state index in [0.717, 1.165) is 10.9 Å². The van der Waals surface area contributed by atoms with Crippen molar-refractivity contribution in [3.63, 3.8) is 0 Å². The van der Waals surface area contributed by atoms with Gasteiger partial charge in [0.1, 0.15) is 5.69 Å². The zero-order chi connectivity index (χ0) is 19.0. The summed E-state index contributed by atoms with van der Waals surface area (Å²) in [6, 6.07) is 15.5. The van der Waals surface area contributed by atoms with Gasteiger partial charge in [0.15, 0.2) is 0 Å². The number of rotatable bonds is 3. The highest BCUT2D eigenvalue weighted by Gasteiger charge is 2.30. The molecule has 1 aliphatic rings. The molecular formula is C19H18ClN3O3S. The van der Waals surface area contributed by atoms with Crippen molar-refractivity contribution in [2.45, 2.75) is 4.90 Å². The van der Waals surface area contributed by atoms with Crippen molar-refractivity contribution in [1.82, 2.24) is 14.2 Å². The highest BCUT2D eigenvalue weighted by atomic mass is 35.5. The molecule has 27 heavy (non-hydrogen) atoms. The van der Waals surface area contributed by atoms with Crippen LogP contribution in [-0.2, 0) is 10.0 Å². The van der Waals surface area contributed by atoms with Crippen LogP contribution in [0, 0.1) is 0 Å². The highest BCUT2D eigenvalue weighted by Crippen LogP contribution is 2.22. The molecule has 1 saturated heterocycles. The first-order valence-corrected chi connectivity index (χ1v) is 10.4. The summed E-state index contributed by atoms with van der Waals surface area (Å²) in [4.78, 5) is 17.8. The maximum Gasteiger partial charge on any atom is 0.270 e. The highest BCUT2D eigenvalue weighted by molar-refractivity contribution is 7.89. The van der Waals surface area contributed by atoms with Crippen LogP contribution in [0.15, 0.2) is 59.5 Å². The Morgan fingerprint density at radius 2 is 1.67 bits per heavy atom. The van der Waals surface area contributed by atoms with E-state index in [-0.39, 0.29) is 23.9 Å². The predicted molar refractivity (Wildman–Crippen MR) is 104 cm³/mol. The molecule has 140 valence electrons. The Hall–Kier alpha value is -2.35. The first-order valence-electron chi connectivity index (χ1n) is 8.58. The standard InChI is InChI=1S/C19H18ClN3O3S/c20-15-6-7-17-14(12-15)13-18(21-17)19(24)22-8-10-23(11-9-22)27(25,26)16-4-2-1-3-5-16/h1-7,12-13,21H,8-11H2. The number of hydrogen-bond donors (Lipinski definition) is 1. The van der Waals surface area contributed by atoms with Crippen LogP contribution in [0.25, 0.3) is 10.9 Å². The average molecular weight is 404 g/mol. The Morgan fingerprint density at radius 3 is 2.37 bits per heavy atom. The van der Waals surface area contributed by atoms with E-state index in [1.54, 1.807) is 53.4 Å². The Balaban J connectivity index is 1.47. The number of sulfonamides is 1. The van der Waals surface area contributed by atoms with Crippen molar-refractivity contribution in [3.05, 3.63) is 65.3 Å². The molecular weight excluding hydrogens is 386 g/mol. The van der Waals surface area contributed by atoms with Crippen LogP contribution in [0.4, 0.5) is 0 Å². The molecule has 2 heterocycles. The SMILES string of the molecule is O=C(c1cc2cc(Cl)ccc2[nH]1)N1CCN(S(=O)(=O)c2ccccc2)CC1. The molecule has 1 fully saturated rings. The molecule has 6 nitrogen and oxygen atoms in total. The summed E-state index contributed by atoms with van der Waals surface area (Å²) < 4.78 is 26.8. The molecule has 2 aromatic carbocycles. The zero-order valence-corrected chi connectivity index (χ0v) is 16.0. The molecule has 0 bridgehead atoms. The topological polar surface area (TPSA) is 73.5 Å². The van der Waals surface area contributed by atoms with Crippen molar-refractivity contribution in [2.24, 2.45) is 0 Å². The van der Waals surface area contributed by atoms with Gasteiger partial charge in [-0.15, -0.1) is 0 Å². The number of halogens is 1. The minimum Gasteiger partial charge on any atom is -0.351 e. The molecule has 4 rings (SSSR count). The number of carbonyl (C=O) groups excluding carboxylic acids is 1. The van der Waals surface area contributed by atoms with Crippen molar-refractivity contribution in [1.29, 1.82) is 0 Å². The minimum atomic E-state index is -3.53. The fourth-order valence-electron chi connectivity index (χ4n) is 3.26. The number of carbonyl (C=O) groups is 1. The molecule has 0 radical (unpaired) electrons. The van der Waals surface area contributed by atoms with E-state index in [4.69, 9.17) is 11.6 Å². The van der Waals surface area contributed by atoms with E-state index in [1.165, 1.54) is 4.31 Å². The summed E-state index contributed by atoms with van der Waals surface area (Å²) in [6.45, 7) is 1.24. The lowest BCUT2D eigenvalue weighted by atomic mass is 10.2. The van der Waals surface area contributed by atoms with Crippen LogP contribution in [0.1, 0.15) is 10.5 Å². The van der Waals surface area contributed by atoms with Gasteiger partial charge in [-0.25, -0.2) is 8.42 Å². The third-order valence-corrected chi connectivity index (χ3v) is 6.87. The fraction of sp³-hybridized carbons (Fsp3) is 0.211. The maximum absolute atomic E-state index is 12.8. The summed E-state index contributed by atoms with van der Waals surface area (Å²) in [7, 11) is -3.53. The number of aromatic nitrogens is 1. The van der Waals surface area contributed by atoms with Gasteiger partial charge in [-0.1, -0.05) is 29.8 Å². The summed E-state index contributed by atoms with van der Waals surface area (Å²) in [5, 5.41) is 1.48. The second kappa shape index (κ2) is 6.99. The molecule has 3 aromatic rings. The smallest absolute Gasteiger partial charge is 0.270 e. The van der Waals surface area contributed by atoms with Crippen LogP contribution >= 0.6 is 11.6 Å². The first-order chi connectivity index (χ1) is 12.9. The summed E-state index contributed by atoms with van der Waals surface area (Å²) in [6.07, 6.45) is 0. The molecule has 0 unspecified atom stereocenters. The number of nitrogens with zero attached hydrogens (tertiary/aromatic N) is 2. The molecule has 0 aliphatic carbocycles. The normalized spacial score (nSPS) is 16.0. The fourth-order valence-corrected chi connectivity index (χ4v) is 4.89. The van der Waals surface area contributed by atoms with Gasteiger partial charge in [0, 0.05) is 42.1 Å². The summed E-state index contributed by atoms with van der Waals surface area (Å²) in [5.74, 6) is -0.140. The molecule has 0 saturated carbocycles. The van der Waals surface area contributed by atoms with Gasteiger partial charge in [0.25, 0.3) is 5.91 Å². The molecule has 0 atom stereocenters. The minimum absolute atomic E-state index is 0.140. The van der Waals surface area contributed by atoms with Gasteiger partial charge in [0.2, 0.25) is 10.0 Å². The van der Waals surface area contributed by atoms with Gasteiger partial charge in [-0.3, -0.25) is 4.79 Å². The van der Waals surface area contributed by atoms with E-state index in [9.17, 15) is 13.2 Å². The molecule has 1 aliphatic heterocycles. The quantitative estimate of drug-likeness (QED) is 0.730. The number of hydrogen-bond acceptors (Lipinski definition) is 3. The van der Waals surface area contributed by atoms with E-state index < -0.39 is 10.0 Å². The van der Waals surface area contributed by atoms with Crippen LogP contribution in [0.3, 0.4) is 0 Å². The van der Waals surface area contributed by atoms with E-state index in [1.807, 2.05) is 6.07 Å². The molecule has 8 heteroatoms. The Morgan fingerprint density at radius 1 is 0.963 bits per heavy atom. The van der Waals surface area contributed by atoms with E-state index in [2.05, 4.69) is 4.98 Å². The zero-order valence-electron chi connectivity index (χ0n) is 14.4. The Bertz CT molecular complexity index is 1090. The van der Waals surface area contributed by atoms with E-state index >= 15 is 0 Å². The number of benzene rings is 2. The van der Waals surface area contributed by atoms with Crippen LogP contribution in [0.5, 0.6) is 0 Å². The number of nitrogens with one attached hydrogen (secondary N) is 1.